The van der Waals surface area contributed by atoms with E-state index in [2.05, 4.69) is 39.4 Å². The summed E-state index contributed by atoms with van der Waals surface area (Å²) in [7, 11) is 1.63. The van der Waals surface area contributed by atoms with Crippen molar-refractivity contribution in [2.75, 3.05) is 20.1 Å². The maximum atomic E-state index is 13.2. The molecular weight excluding hydrogens is 476 g/mol. The Balaban J connectivity index is 1.85. The summed E-state index contributed by atoms with van der Waals surface area (Å²) in [4.78, 5) is 58.1. The molecule has 3 heterocycles. The maximum Gasteiger partial charge on any atom is 0.264 e. The van der Waals surface area contributed by atoms with Crippen molar-refractivity contribution in [2.45, 2.75) is 78.4 Å². The van der Waals surface area contributed by atoms with Gasteiger partial charge in [0.15, 0.2) is 0 Å². The number of hydrogen-bond donors (Lipinski definition) is 2. The van der Waals surface area contributed by atoms with E-state index < -0.39 is 6.04 Å². The largest absolute Gasteiger partial charge is 0.344 e. The number of likely N-dealkylation sites (N-methyl/N-ethyl adjacent to an activating group) is 1. The number of fused-ring (bicyclic) bond motifs is 1. The molecule has 0 unspecified atom stereocenters. The van der Waals surface area contributed by atoms with Crippen molar-refractivity contribution in [2.24, 2.45) is 5.92 Å². The number of carbonyl (C=O) groups excluding carboxylic acids is 3. The monoisotopic (exact) mass is 514 g/mol. The van der Waals surface area contributed by atoms with Gasteiger partial charge in [-0.1, -0.05) is 13.8 Å². The van der Waals surface area contributed by atoms with Gasteiger partial charge >= 0.3 is 0 Å². The van der Waals surface area contributed by atoms with Crippen LogP contribution < -0.4 is 10.9 Å². The molecule has 0 saturated heterocycles. The van der Waals surface area contributed by atoms with E-state index >= 15 is 0 Å². The van der Waals surface area contributed by atoms with Gasteiger partial charge in [0.05, 0.1) is 18.3 Å². The lowest BCUT2D eigenvalue weighted by Gasteiger charge is -2.29. The molecule has 3 rings (SSSR count). The molecule has 12 nitrogen and oxygen atoms in total. The minimum atomic E-state index is -0.648. The van der Waals surface area contributed by atoms with Crippen molar-refractivity contribution >= 4 is 17.7 Å². The second-order valence-corrected chi connectivity index (χ2v) is 10.0. The Morgan fingerprint density at radius 3 is 2.59 bits per heavy atom. The van der Waals surface area contributed by atoms with Crippen molar-refractivity contribution in [3.8, 4) is 0 Å². The highest BCUT2D eigenvalue weighted by Crippen LogP contribution is 2.21. The first kappa shape index (κ1) is 28.0. The van der Waals surface area contributed by atoms with Crippen LogP contribution in [0.4, 0.5) is 0 Å². The summed E-state index contributed by atoms with van der Waals surface area (Å²) >= 11 is 0. The van der Waals surface area contributed by atoms with Gasteiger partial charge in [0, 0.05) is 45.5 Å². The molecule has 2 atom stereocenters. The van der Waals surface area contributed by atoms with Crippen LogP contribution in [0.5, 0.6) is 0 Å². The predicted molar refractivity (Wildman–Crippen MR) is 136 cm³/mol. The molecule has 0 fully saturated rings. The number of H-pyrrole nitrogens is 1. The first-order valence-corrected chi connectivity index (χ1v) is 12.8. The van der Waals surface area contributed by atoms with Crippen molar-refractivity contribution in [3.05, 3.63) is 39.8 Å². The third kappa shape index (κ3) is 7.70. The fourth-order valence-corrected chi connectivity index (χ4v) is 4.36. The topological polar surface area (TPSA) is 146 Å². The molecule has 1 aliphatic rings. The van der Waals surface area contributed by atoms with E-state index in [1.807, 2.05) is 0 Å². The summed E-state index contributed by atoms with van der Waals surface area (Å²) in [6.07, 6.45) is 1.96. The van der Waals surface area contributed by atoms with Crippen molar-refractivity contribution in [1.82, 2.24) is 40.1 Å². The minimum absolute atomic E-state index is 0.0697. The zero-order valence-corrected chi connectivity index (χ0v) is 22.4. The Morgan fingerprint density at radius 2 is 1.92 bits per heavy atom. The second kappa shape index (κ2) is 12.6. The third-order valence-electron chi connectivity index (χ3n) is 6.58. The van der Waals surface area contributed by atoms with E-state index in [1.54, 1.807) is 36.5 Å². The first-order chi connectivity index (χ1) is 17.5. The van der Waals surface area contributed by atoms with Crippen molar-refractivity contribution in [1.29, 1.82) is 0 Å². The van der Waals surface area contributed by atoms with E-state index in [9.17, 15) is 19.2 Å². The number of hydrogen-bond acceptors (Lipinski definition) is 7. The minimum Gasteiger partial charge on any atom is -0.344 e. The molecule has 0 spiro atoms. The summed E-state index contributed by atoms with van der Waals surface area (Å²) in [5.74, 6) is 1.05. The Kier molecular flexibility index (Phi) is 9.54. The second-order valence-electron chi connectivity index (χ2n) is 10.0. The summed E-state index contributed by atoms with van der Waals surface area (Å²) in [5.41, 5.74) is 0.335. The molecule has 0 aliphatic carbocycles. The Hall–Kier alpha value is -3.57. The Labute approximate surface area is 216 Å². The summed E-state index contributed by atoms with van der Waals surface area (Å²) in [6, 6.07) is 1.97. The Morgan fingerprint density at radius 1 is 1.16 bits per heavy atom. The van der Waals surface area contributed by atoms with Gasteiger partial charge in [-0.25, -0.2) is 14.8 Å². The highest BCUT2D eigenvalue weighted by Gasteiger charge is 2.29. The molecular formula is C25H38N8O4. The molecule has 2 aromatic rings. The van der Waals surface area contributed by atoms with Gasteiger partial charge in [0.2, 0.25) is 17.7 Å². The smallest absolute Gasteiger partial charge is 0.264 e. The van der Waals surface area contributed by atoms with E-state index in [4.69, 9.17) is 0 Å². The van der Waals surface area contributed by atoms with E-state index in [0.717, 1.165) is 0 Å². The SMILES string of the molecule is Cc1nc2n(n1)CCN(C(=O)CCc1ccc(=O)[nH]n1)CCCC(=O)N(C)[C@@H](C)C(=O)N[C@@H]2CC(C)C. The van der Waals surface area contributed by atoms with Crippen LogP contribution in [0.3, 0.4) is 0 Å². The number of nitrogens with zero attached hydrogens (tertiary/aromatic N) is 6. The average molecular weight is 515 g/mol. The van der Waals surface area contributed by atoms with Crippen LogP contribution in [0, 0.1) is 12.8 Å². The molecule has 37 heavy (non-hydrogen) atoms. The van der Waals surface area contributed by atoms with E-state index in [0.29, 0.717) is 56.2 Å². The van der Waals surface area contributed by atoms with Crippen LogP contribution in [-0.4, -0.2) is 78.7 Å². The van der Waals surface area contributed by atoms with Gasteiger partial charge in [-0.05, 0) is 38.7 Å². The fourth-order valence-electron chi connectivity index (χ4n) is 4.36. The molecule has 2 aromatic heterocycles. The van der Waals surface area contributed by atoms with Crippen molar-refractivity contribution in [3.63, 3.8) is 0 Å². The zero-order valence-electron chi connectivity index (χ0n) is 22.4. The predicted octanol–water partition coefficient (Wildman–Crippen LogP) is 0.975. The molecule has 0 aromatic carbocycles. The van der Waals surface area contributed by atoms with Crippen molar-refractivity contribution < 1.29 is 14.4 Å². The third-order valence-corrected chi connectivity index (χ3v) is 6.58. The molecule has 3 amide bonds. The van der Waals surface area contributed by atoms with Crippen LogP contribution in [0.15, 0.2) is 16.9 Å². The lowest BCUT2D eigenvalue weighted by atomic mass is 10.0. The van der Waals surface area contributed by atoms with Crippen LogP contribution in [-0.2, 0) is 27.3 Å². The molecule has 0 radical (unpaired) electrons. The number of amides is 3. The van der Waals surface area contributed by atoms with Gasteiger partial charge in [-0.2, -0.15) is 10.2 Å². The number of rotatable bonds is 5. The molecule has 202 valence electrons. The fraction of sp³-hybridized carbons (Fsp3) is 0.640. The first-order valence-electron chi connectivity index (χ1n) is 12.8. The molecule has 2 N–H and O–H groups in total. The number of aromatic nitrogens is 5. The van der Waals surface area contributed by atoms with E-state index in [-0.39, 0.29) is 48.1 Å². The van der Waals surface area contributed by atoms with Crippen LogP contribution >= 0.6 is 0 Å². The zero-order chi connectivity index (χ0) is 27.1. The maximum absolute atomic E-state index is 13.2. The van der Waals surface area contributed by atoms with Crippen LogP contribution in [0.25, 0.3) is 0 Å². The van der Waals surface area contributed by atoms with E-state index in [1.165, 1.54) is 11.0 Å². The number of aryl methyl sites for hydroxylation is 2. The van der Waals surface area contributed by atoms with Crippen LogP contribution in [0.1, 0.15) is 69.8 Å². The van der Waals surface area contributed by atoms with Gasteiger partial charge in [0.25, 0.3) is 5.56 Å². The summed E-state index contributed by atoms with van der Waals surface area (Å²) in [5, 5.41) is 14.0. The lowest BCUT2D eigenvalue weighted by molar-refractivity contribution is -0.139. The quantitative estimate of drug-likeness (QED) is 0.605. The molecule has 12 heteroatoms. The molecule has 0 bridgehead atoms. The Bertz CT molecular complexity index is 1140. The molecule has 1 aliphatic heterocycles. The number of aromatic amines is 1. The lowest BCUT2D eigenvalue weighted by Crippen LogP contribution is -2.47. The highest BCUT2D eigenvalue weighted by molar-refractivity contribution is 5.87. The normalized spacial score (nSPS) is 19.9. The van der Waals surface area contributed by atoms with Gasteiger partial charge in [-0.3, -0.25) is 19.2 Å². The number of nitrogens with one attached hydrogen (secondary N) is 2. The molecule has 0 saturated carbocycles. The van der Waals surface area contributed by atoms with Crippen LogP contribution in [0.2, 0.25) is 0 Å². The summed E-state index contributed by atoms with van der Waals surface area (Å²) < 4.78 is 1.78. The number of carbonyl (C=O) groups is 3. The standard InChI is InChI=1S/C25H38N8O4/c1-16(2)15-20-24-26-18(4)30-33(24)14-13-32(23(36)11-9-19-8-10-21(34)29-28-19)12-6-7-22(35)31(5)17(3)25(37)27-20/h8,10,16-17,20H,6-7,9,11-15H2,1-5H3,(H,27,37)(H,29,34)/t17-,20+/m0/s1. The highest BCUT2D eigenvalue weighted by atomic mass is 16.2. The van der Waals surface area contributed by atoms with Gasteiger partial charge in [0.1, 0.15) is 17.7 Å². The average Bonchev–Trinajstić information content (AvgIpc) is 3.23. The summed E-state index contributed by atoms with van der Waals surface area (Å²) in [6.45, 7) is 8.85. The van der Waals surface area contributed by atoms with Gasteiger partial charge in [-0.15, -0.1) is 0 Å². The van der Waals surface area contributed by atoms with Gasteiger partial charge < -0.3 is 15.1 Å².